The number of rotatable bonds is 6. The third-order valence-electron chi connectivity index (χ3n) is 3.23. The van der Waals surface area contributed by atoms with Gasteiger partial charge in [-0.1, -0.05) is 36.5 Å². The van der Waals surface area contributed by atoms with Gasteiger partial charge in [-0.3, -0.25) is 0 Å². The molecule has 0 aliphatic rings. The molecule has 21 heavy (non-hydrogen) atoms. The van der Waals surface area contributed by atoms with Gasteiger partial charge in [0.05, 0.1) is 6.61 Å². The molecule has 2 aromatic rings. The van der Waals surface area contributed by atoms with E-state index in [4.69, 9.17) is 27.4 Å². The Labute approximate surface area is 130 Å². The summed E-state index contributed by atoms with van der Waals surface area (Å²) < 4.78 is 11.0. The molecule has 0 atom stereocenters. The van der Waals surface area contributed by atoms with Crippen LogP contribution in [0.1, 0.15) is 22.3 Å². The van der Waals surface area contributed by atoms with Crippen LogP contribution in [0.5, 0.6) is 5.75 Å². The quantitative estimate of drug-likeness (QED) is 0.831. The zero-order valence-corrected chi connectivity index (χ0v) is 13.1. The Morgan fingerprint density at radius 3 is 2.62 bits per heavy atom. The normalized spacial score (nSPS) is 10.4. The van der Waals surface area contributed by atoms with Crippen LogP contribution in [0.2, 0.25) is 0 Å². The van der Waals surface area contributed by atoms with Gasteiger partial charge in [-0.25, -0.2) is 0 Å². The molecule has 0 unspecified atom stereocenters. The second-order valence-corrected chi connectivity index (χ2v) is 5.31. The van der Waals surface area contributed by atoms with Gasteiger partial charge in [-0.15, -0.1) is 0 Å². The van der Waals surface area contributed by atoms with Gasteiger partial charge in [-0.2, -0.15) is 0 Å². The van der Waals surface area contributed by atoms with Crippen molar-refractivity contribution in [3.8, 4) is 5.75 Å². The van der Waals surface area contributed by atoms with E-state index >= 15 is 0 Å². The molecule has 2 N–H and O–H groups in total. The number of benzene rings is 2. The fourth-order valence-corrected chi connectivity index (χ4v) is 2.19. The van der Waals surface area contributed by atoms with Gasteiger partial charge in [-0.05, 0) is 41.8 Å². The van der Waals surface area contributed by atoms with E-state index < -0.39 is 0 Å². The Balaban J connectivity index is 2.06. The first-order valence-electron chi connectivity index (χ1n) is 6.70. The van der Waals surface area contributed by atoms with Crippen molar-refractivity contribution in [3.63, 3.8) is 0 Å². The predicted molar refractivity (Wildman–Crippen MR) is 88.6 cm³/mol. The van der Waals surface area contributed by atoms with E-state index in [2.05, 4.69) is 0 Å². The molecule has 0 aliphatic heterocycles. The van der Waals surface area contributed by atoms with Crippen molar-refractivity contribution in [2.24, 2.45) is 5.73 Å². The van der Waals surface area contributed by atoms with E-state index in [1.807, 2.05) is 49.4 Å². The molecule has 0 radical (unpaired) electrons. The molecule has 0 heterocycles. The van der Waals surface area contributed by atoms with Gasteiger partial charge in [0, 0.05) is 12.7 Å². The Kier molecular flexibility index (Phi) is 5.31. The molecule has 2 rings (SSSR count). The van der Waals surface area contributed by atoms with Crippen molar-refractivity contribution in [2.75, 3.05) is 7.11 Å². The van der Waals surface area contributed by atoms with Crippen LogP contribution in [0.15, 0.2) is 42.5 Å². The molecule has 0 amide bonds. The van der Waals surface area contributed by atoms with Crippen molar-refractivity contribution >= 4 is 17.2 Å². The minimum Gasteiger partial charge on any atom is -0.489 e. The number of hydrogen-bond donors (Lipinski definition) is 1. The minimum atomic E-state index is 0.415. The fraction of sp³-hybridized carbons (Fsp3) is 0.235. The maximum absolute atomic E-state index is 5.84. The number of ether oxygens (including phenoxy) is 2. The van der Waals surface area contributed by atoms with Crippen LogP contribution in [-0.2, 0) is 18.0 Å². The largest absolute Gasteiger partial charge is 0.489 e. The van der Waals surface area contributed by atoms with Crippen LogP contribution in [-0.4, -0.2) is 12.1 Å². The third-order valence-corrected chi connectivity index (χ3v) is 3.47. The lowest BCUT2D eigenvalue weighted by molar-refractivity contribution is 0.184. The van der Waals surface area contributed by atoms with Crippen LogP contribution in [0.3, 0.4) is 0 Å². The minimum absolute atomic E-state index is 0.415. The standard InChI is InChI=1S/C17H19NO2S/c1-12-8-14(17(18)21)6-7-15(12)11-20-16-5-3-4-13(9-16)10-19-2/h3-9H,10-11H2,1-2H3,(H2,18,21). The summed E-state index contributed by atoms with van der Waals surface area (Å²) in [5.74, 6) is 0.836. The highest BCUT2D eigenvalue weighted by molar-refractivity contribution is 7.80. The van der Waals surface area contributed by atoms with Gasteiger partial charge in [0.25, 0.3) is 0 Å². The average molecular weight is 301 g/mol. The molecule has 0 bridgehead atoms. The number of hydrogen-bond acceptors (Lipinski definition) is 3. The van der Waals surface area contributed by atoms with Crippen LogP contribution >= 0.6 is 12.2 Å². The molecule has 0 fully saturated rings. The van der Waals surface area contributed by atoms with Crippen LogP contribution < -0.4 is 10.5 Å². The molecule has 2 aromatic carbocycles. The summed E-state index contributed by atoms with van der Waals surface area (Å²) in [4.78, 5) is 0.415. The van der Waals surface area contributed by atoms with Gasteiger partial charge in [0.15, 0.2) is 0 Å². The van der Waals surface area contributed by atoms with Crippen molar-refractivity contribution in [1.82, 2.24) is 0 Å². The summed E-state index contributed by atoms with van der Waals surface area (Å²) in [5, 5.41) is 0. The van der Waals surface area contributed by atoms with Crippen molar-refractivity contribution in [1.29, 1.82) is 0 Å². The van der Waals surface area contributed by atoms with Gasteiger partial charge < -0.3 is 15.2 Å². The molecular formula is C17H19NO2S. The van der Waals surface area contributed by atoms with E-state index in [-0.39, 0.29) is 0 Å². The maximum Gasteiger partial charge on any atom is 0.120 e. The van der Waals surface area contributed by atoms with Crippen LogP contribution in [0.4, 0.5) is 0 Å². The summed E-state index contributed by atoms with van der Waals surface area (Å²) in [5.41, 5.74) is 9.84. The molecule has 0 spiro atoms. The van der Waals surface area contributed by atoms with Gasteiger partial charge >= 0.3 is 0 Å². The molecule has 4 heteroatoms. The number of aryl methyl sites for hydroxylation is 1. The third kappa shape index (κ3) is 4.28. The Morgan fingerprint density at radius 2 is 1.95 bits per heavy atom. The Bertz CT molecular complexity index is 640. The highest BCUT2D eigenvalue weighted by Crippen LogP contribution is 2.18. The highest BCUT2D eigenvalue weighted by Gasteiger charge is 2.04. The Morgan fingerprint density at radius 1 is 1.14 bits per heavy atom. The first-order chi connectivity index (χ1) is 10.1. The van der Waals surface area contributed by atoms with E-state index in [0.717, 1.165) is 28.0 Å². The molecule has 0 saturated heterocycles. The second-order valence-electron chi connectivity index (χ2n) is 4.87. The summed E-state index contributed by atoms with van der Waals surface area (Å²) in [7, 11) is 1.68. The molecule has 0 saturated carbocycles. The monoisotopic (exact) mass is 301 g/mol. The fourth-order valence-electron chi connectivity index (χ4n) is 2.06. The van der Waals surface area contributed by atoms with E-state index in [1.54, 1.807) is 7.11 Å². The number of thiocarbonyl (C=S) groups is 1. The summed E-state index contributed by atoms with van der Waals surface area (Å²) in [6.45, 7) is 3.13. The highest BCUT2D eigenvalue weighted by atomic mass is 32.1. The van der Waals surface area contributed by atoms with E-state index in [1.165, 1.54) is 0 Å². The van der Waals surface area contributed by atoms with Gasteiger partial charge in [0.1, 0.15) is 17.3 Å². The van der Waals surface area contributed by atoms with Crippen LogP contribution in [0, 0.1) is 6.92 Å². The zero-order valence-electron chi connectivity index (χ0n) is 12.3. The smallest absolute Gasteiger partial charge is 0.120 e. The van der Waals surface area contributed by atoms with Gasteiger partial charge in [0.2, 0.25) is 0 Å². The number of methoxy groups -OCH3 is 1. The van der Waals surface area contributed by atoms with Crippen molar-refractivity contribution < 1.29 is 9.47 Å². The molecule has 0 aromatic heterocycles. The maximum atomic E-state index is 5.84. The molecule has 0 aliphatic carbocycles. The van der Waals surface area contributed by atoms with E-state index in [9.17, 15) is 0 Å². The first-order valence-corrected chi connectivity index (χ1v) is 7.11. The lowest BCUT2D eigenvalue weighted by Crippen LogP contribution is -2.10. The first kappa shape index (κ1) is 15.5. The number of nitrogens with two attached hydrogens (primary N) is 1. The second kappa shape index (κ2) is 7.20. The topological polar surface area (TPSA) is 44.5 Å². The lowest BCUT2D eigenvalue weighted by Gasteiger charge is -2.11. The van der Waals surface area contributed by atoms with E-state index in [0.29, 0.717) is 18.2 Å². The Hall–Kier alpha value is -1.91. The summed E-state index contributed by atoms with van der Waals surface area (Å²) >= 11 is 4.98. The summed E-state index contributed by atoms with van der Waals surface area (Å²) in [6, 6.07) is 13.8. The predicted octanol–water partition coefficient (Wildman–Crippen LogP) is 3.35. The van der Waals surface area contributed by atoms with Crippen molar-refractivity contribution in [2.45, 2.75) is 20.1 Å². The van der Waals surface area contributed by atoms with Crippen LogP contribution in [0.25, 0.3) is 0 Å². The van der Waals surface area contributed by atoms with Crippen molar-refractivity contribution in [3.05, 3.63) is 64.7 Å². The molecule has 110 valence electrons. The average Bonchev–Trinajstić information content (AvgIpc) is 2.46. The molecular weight excluding hydrogens is 282 g/mol. The summed E-state index contributed by atoms with van der Waals surface area (Å²) in [6.07, 6.45) is 0. The SMILES string of the molecule is COCc1cccc(OCc2ccc(C(N)=S)cc2C)c1. The zero-order chi connectivity index (χ0) is 15.2. The molecule has 3 nitrogen and oxygen atoms in total. The lowest BCUT2D eigenvalue weighted by atomic mass is 10.1.